The number of carbonyl (C=O) groups is 1. The van der Waals surface area contributed by atoms with Gasteiger partial charge in [0.05, 0.1) is 12.3 Å². The highest BCUT2D eigenvalue weighted by Crippen LogP contribution is 2.30. The van der Waals surface area contributed by atoms with Crippen LogP contribution in [-0.4, -0.2) is 50.5 Å². The van der Waals surface area contributed by atoms with Crippen LogP contribution in [0.3, 0.4) is 0 Å². The normalized spacial score (nSPS) is 15.7. The van der Waals surface area contributed by atoms with Crippen LogP contribution < -0.4 is 14.8 Å². The molecule has 1 aliphatic heterocycles. The van der Waals surface area contributed by atoms with Crippen molar-refractivity contribution in [3.05, 3.63) is 41.7 Å². The van der Waals surface area contributed by atoms with Crippen LogP contribution in [0, 0.1) is 13.8 Å². The van der Waals surface area contributed by atoms with Gasteiger partial charge in [0, 0.05) is 11.4 Å². The van der Waals surface area contributed by atoms with E-state index in [0.717, 1.165) is 17.1 Å². The van der Waals surface area contributed by atoms with Crippen molar-refractivity contribution in [2.75, 3.05) is 18.9 Å². The van der Waals surface area contributed by atoms with E-state index in [1.54, 1.807) is 0 Å². The number of fused-ring (bicyclic) bond motifs is 2. The first-order valence-corrected chi connectivity index (χ1v) is 9.56. The minimum atomic E-state index is -0.211. The largest absolute Gasteiger partial charge is 0.486 e. The standard InChI is InChI=1S/C18H19N5O3S/c1-11-7-12(2)23-17(20-11)21-22-18(23)27-10-16(24)19-8-13-9-25-14-5-3-4-6-15(14)26-13/h3-7,13H,8-10H2,1-2H3,(H,19,24)/t13-/m1/s1. The summed E-state index contributed by atoms with van der Waals surface area (Å²) in [4.78, 5) is 16.5. The Labute approximate surface area is 160 Å². The number of rotatable bonds is 5. The van der Waals surface area contributed by atoms with E-state index in [1.807, 2.05) is 48.6 Å². The molecule has 3 aromatic rings. The molecular weight excluding hydrogens is 366 g/mol. The lowest BCUT2D eigenvalue weighted by Gasteiger charge is -2.26. The van der Waals surface area contributed by atoms with Gasteiger partial charge in [-0.05, 0) is 32.0 Å². The minimum Gasteiger partial charge on any atom is -0.486 e. The van der Waals surface area contributed by atoms with Gasteiger partial charge < -0.3 is 14.8 Å². The first kappa shape index (κ1) is 17.6. The predicted octanol–water partition coefficient (Wildman–Crippen LogP) is 1.79. The zero-order valence-corrected chi connectivity index (χ0v) is 15.8. The third kappa shape index (κ3) is 3.82. The van der Waals surface area contributed by atoms with Crippen LogP contribution in [0.5, 0.6) is 11.5 Å². The summed E-state index contributed by atoms with van der Waals surface area (Å²) in [5.74, 6) is 2.11. The van der Waals surface area contributed by atoms with E-state index in [0.29, 0.717) is 29.8 Å². The molecule has 0 saturated carbocycles. The van der Waals surface area contributed by atoms with Crippen LogP contribution in [0.4, 0.5) is 0 Å². The predicted molar refractivity (Wildman–Crippen MR) is 100 cm³/mol. The molecule has 8 nitrogen and oxygen atoms in total. The molecule has 0 radical (unpaired) electrons. The lowest BCUT2D eigenvalue weighted by atomic mass is 10.2. The second-order valence-corrected chi connectivity index (χ2v) is 7.19. The Morgan fingerprint density at radius 1 is 1.30 bits per heavy atom. The van der Waals surface area contributed by atoms with Crippen LogP contribution in [0.15, 0.2) is 35.5 Å². The number of aryl methyl sites for hydroxylation is 2. The summed E-state index contributed by atoms with van der Waals surface area (Å²) in [6, 6.07) is 9.46. The van der Waals surface area contributed by atoms with Crippen LogP contribution in [0.1, 0.15) is 11.4 Å². The Morgan fingerprint density at radius 2 is 2.11 bits per heavy atom. The number of hydrogen-bond donors (Lipinski definition) is 1. The number of benzene rings is 1. The molecule has 9 heteroatoms. The zero-order valence-electron chi connectivity index (χ0n) is 15.0. The van der Waals surface area contributed by atoms with Gasteiger partial charge in [0.15, 0.2) is 16.7 Å². The maximum Gasteiger partial charge on any atom is 0.256 e. The summed E-state index contributed by atoms with van der Waals surface area (Å²) in [7, 11) is 0. The maximum atomic E-state index is 12.2. The van der Waals surface area contributed by atoms with Gasteiger partial charge >= 0.3 is 0 Å². The highest BCUT2D eigenvalue weighted by atomic mass is 32.2. The van der Waals surface area contributed by atoms with Gasteiger partial charge in [0.1, 0.15) is 12.7 Å². The number of amides is 1. The van der Waals surface area contributed by atoms with Crippen LogP contribution >= 0.6 is 11.8 Å². The molecule has 0 aliphatic carbocycles. The fourth-order valence-electron chi connectivity index (χ4n) is 2.87. The highest BCUT2D eigenvalue weighted by Gasteiger charge is 2.21. The average Bonchev–Trinajstić information content (AvgIpc) is 3.07. The Kier molecular flexibility index (Phi) is 4.85. The van der Waals surface area contributed by atoms with Gasteiger partial charge in [-0.25, -0.2) is 4.98 Å². The molecule has 27 heavy (non-hydrogen) atoms. The fraction of sp³-hybridized carbons (Fsp3) is 0.333. The Hall–Kier alpha value is -2.81. The molecule has 0 unspecified atom stereocenters. The van der Waals surface area contributed by atoms with Crippen molar-refractivity contribution >= 4 is 23.4 Å². The molecule has 1 N–H and O–H groups in total. The summed E-state index contributed by atoms with van der Waals surface area (Å²) in [5.41, 5.74) is 1.87. The van der Waals surface area contributed by atoms with E-state index in [1.165, 1.54) is 11.8 Å². The van der Waals surface area contributed by atoms with Gasteiger partial charge in [-0.2, -0.15) is 0 Å². The van der Waals surface area contributed by atoms with E-state index in [2.05, 4.69) is 20.5 Å². The molecule has 1 aliphatic rings. The Bertz CT molecular complexity index is 990. The van der Waals surface area contributed by atoms with Crippen LogP contribution in [0.2, 0.25) is 0 Å². The van der Waals surface area contributed by atoms with E-state index in [-0.39, 0.29) is 17.8 Å². The first-order valence-electron chi connectivity index (χ1n) is 8.57. The van der Waals surface area contributed by atoms with E-state index >= 15 is 0 Å². The molecule has 140 valence electrons. The third-order valence-corrected chi connectivity index (χ3v) is 5.02. The van der Waals surface area contributed by atoms with Crippen molar-refractivity contribution in [2.45, 2.75) is 25.1 Å². The van der Waals surface area contributed by atoms with E-state index in [9.17, 15) is 4.79 Å². The van der Waals surface area contributed by atoms with Crippen LogP contribution in [-0.2, 0) is 4.79 Å². The molecule has 4 rings (SSSR count). The van der Waals surface area contributed by atoms with Crippen molar-refractivity contribution in [1.82, 2.24) is 24.9 Å². The number of nitrogens with one attached hydrogen (secondary N) is 1. The summed E-state index contributed by atoms with van der Waals surface area (Å²) in [6.45, 7) is 4.67. The molecule has 3 heterocycles. The number of nitrogens with zero attached hydrogens (tertiary/aromatic N) is 4. The molecular formula is C18H19N5O3S. The summed E-state index contributed by atoms with van der Waals surface area (Å²) < 4.78 is 13.3. The SMILES string of the molecule is Cc1cc(C)n2c(SCC(=O)NC[C@@H]3COc4ccccc4O3)nnc2n1. The summed E-state index contributed by atoms with van der Waals surface area (Å²) >= 11 is 1.33. The molecule has 0 saturated heterocycles. The number of thioether (sulfide) groups is 1. The highest BCUT2D eigenvalue weighted by molar-refractivity contribution is 7.99. The number of hydrogen-bond acceptors (Lipinski definition) is 7. The first-order chi connectivity index (χ1) is 13.1. The smallest absolute Gasteiger partial charge is 0.256 e. The molecule has 0 bridgehead atoms. The van der Waals surface area contributed by atoms with Crippen molar-refractivity contribution < 1.29 is 14.3 Å². The lowest BCUT2D eigenvalue weighted by molar-refractivity contribution is -0.119. The molecule has 2 aromatic heterocycles. The number of carbonyl (C=O) groups excluding carboxylic acids is 1. The zero-order chi connectivity index (χ0) is 18.8. The Morgan fingerprint density at radius 3 is 2.96 bits per heavy atom. The minimum absolute atomic E-state index is 0.100. The van der Waals surface area contributed by atoms with Crippen molar-refractivity contribution in [3.63, 3.8) is 0 Å². The molecule has 1 amide bonds. The second kappa shape index (κ2) is 7.43. The maximum absolute atomic E-state index is 12.2. The van der Waals surface area contributed by atoms with Gasteiger partial charge in [0.25, 0.3) is 5.78 Å². The third-order valence-electron chi connectivity index (χ3n) is 4.09. The Balaban J connectivity index is 1.31. The topological polar surface area (TPSA) is 90.6 Å². The van der Waals surface area contributed by atoms with Crippen molar-refractivity contribution in [1.29, 1.82) is 0 Å². The van der Waals surface area contributed by atoms with Gasteiger partial charge in [-0.15, -0.1) is 10.2 Å². The van der Waals surface area contributed by atoms with Gasteiger partial charge in [-0.3, -0.25) is 9.20 Å². The molecule has 1 atom stereocenters. The lowest BCUT2D eigenvalue weighted by Crippen LogP contribution is -2.41. The molecule has 0 fully saturated rings. The number of para-hydroxylation sites is 2. The molecule has 0 spiro atoms. The summed E-state index contributed by atoms with van der Waals surface area (Å²) in [6.07, 6.45) is -0.211. The fourth-order valence-corrected chi connectivity index (χ4v) is 3.68. The van der Waals surface area contributed by atoms with Crippen molar-refractivity contribution in [3.8, 4) is 11.5 Å². The quantitative estimate of drug-likeness (QED) is 0.670. The number of aromatic nitrogens is 4. The second-order valence-electron chi connectivity index (χ2n) is 6.25. The summed E-state index contributed by atoms with van der Waals surface area (Å²) in [5, 5.41) is 11.7. The molecule has 1 aromatic carbocycles. The van der Waals surface area contributed by atoms with E-state index in [4.69, 9.17) is 9.47 Å². The van der Waals surface area contributed by atoms with Gasteiger partial charge in [-0.1, -0.05) is 23.9 Å². The van der Waals surface area contributed by atoms with Crippen LogP contribution in [0.25, 0.3) is 5.78 Å². The van der Waals surface area contributed by atoms with E-state index < -0.39 is 0 Å². The van der Waals surface area contributed by atoms with Gasteiger partial charge in [0.2, 0.25) is 5.91 Å². The average molecular weight is 385 g/mol. The van der Waals surface area contributed by atoms with Crippen molar-refractivity contribution in [2.24, 2.45) is 0 Å². The monoisotopic (exact) mass is 385 g/mol. The number of ether oxygens (including phenoxy) is 2.